The average Bonchev–Trinajstić information content (AvgIpc) is 3.11. The topological polar surface area (TPSA) is 32.3 Å². The second-order valence-electron chi connectivity index (χ2n) is 6.18. The summed E-state index contributed by atoms with van der Waals surface area (Å²) in [7, 11) is 0. The Kier molecular flexibility index (Phi) is 6.07. The quantitative estimate of drug-likeness (QED) is 0.927. The first-order valence-corrected chi connectivity index (χ1v) is 7.86. The Bertz CT molecular complexity index is 445. The molecule has 2 aliphatic rings. The zero-order valence-corrected chi connectivity index (χ0v) is 13.3. The van der Waals surface area contributed by atoms with E-state index in [0.717, 1.165) is 38.9 Å². The fourth-order valence-corrected chi connectivity index (χ4v) is 3.44. The molecule has 0 saturated carbocycles. The van der Waals surface area contributed by atoms with Crippen LogP contribution in [0.25, 0.3) is 0 Å². The second kappa shape index (κ2) is 7.81. The van der Waals surface area contributed by atoms with Gasteiger partial charge in [0, 0.05) is 25.6 Å². The van der Waals surface area contributed by atoms with Gasteiger partial charge in [-0.3, -0.25) is 4.79 Å². The summed E-state index contributed by atoms with van der Waals surface area (Å²) in [5.41, 5.74) is 1.39. The molecular formula is C17H25ClN2O. The van der Waals surface area contributed by atoms with Crippen LogP contribution in [0.2, 0.25) is 0 Å². The lowest BCUT2D eigenvalue weighted by atomic mass is 9.99. The first kappa shape index (κ1) is 16.3. The van der Waals surface area contributed by atoms with E-state index in [1.54, 1.807) is 0 Å². The third-order valence-corrected chi connectivity index (χ3v) is 4.59. The highest BCUT2D eigenvalue weighted by atomic mass is 35.5. The molecule has 3 rings (SSSR count). The summed E-state index contributed by atoms with van der Waals surface area (Å²) in [6.07, 6.45) is 5.32. The van der Waals surface area contributed by atoms with E-state index in [4.69, 9.17) is 0 Å². The van der Waals surface area contributed by atoms with E-state index >= 15 is 0 Å². The average molecular weight is 309 g/mol. The minimum Gasteiger partial charge on any atom is -0.342 e. The molecule has 2 aliphatic heterocycles. The number of likely N-dealkylation sites (tertiary alicyclic amines) is 1. The van der Waals surface area contributed by atoms with Crippen LogP contribution >= 0.6 is 12.4 Å². The van der Waals surface area contributed by atoms with E-state index in [0.29, 0.717) is 24.3 Å². The number of hydrogen-bond donors (Lipinski definition) is 1. The lowest BCUT2D eigenvalue weighted by Gasteiger charge is -2.19. The van der Waals surface area contributed by atoms with Crippen molar-refractivity contribution in [1.29, 1.82) is 0 Å². The Morgan fingerprint density at radius 3 is 2.76 bits per heavy atom. The molecule has 0 aliphatic carbocycles. The van der Waals surface area contributed by atoms with Crippen molar-refractivity contribution >= 4 is 18.3 Å². The van der Waals surface area contributed by atoms with Crippen molar-refractivity contribution in [3.63, 3.8) is 0 Å². The summed E-state index contributed by atoms with van der Waals surface area (Å²) < 4.78 is 0. The predicted molar refractivity (Wildman–Crippen MR) is 87.7 cm³/mol. The van der Waals surface area contributed by atoms with Gasteiger partial charge in [-0.1, -0.05) is 30.3 Å². The molecule has 0 spiro atoms. The summed E-state index contributed by atoms with van der Waals surface area (Å²) in [5, 5.41) is 3.41. The SMILES string of the molecule is Cl.O=C(CC1CCCN1)N1CCC(Cc2ccccc2)C1. The van der Waals surface area contributed by atoms with Crippen LogP contribution in [-0.4, -0.2) is 36.5 Å². The molecule has 1 amide bonds. The van der Waals surface area contributed by atoms with Crippen molar-refractivity contribution < 1.29 is 4.79 Å². The zero-order chi connectivity index (χ0) is 13.8. The maximum Gasteiger partial charge on any atom is 0.224 e. The molecule has 116 valence electrons. The molecule has 0 radical (unpaired) electrons. The van der Waals surface area contributed by atoms with Gasteiger partial charge in [0.05, 0.1) is 0 Å². The number of benzene rings is 1. The van der Waals surface area contributed by atoms with Crippen molar-refractivity contribution in [3.05, 3.63) is 35.9 Å². The molecule has 2 unspecified atom stereocenters. The number of halogens is 1. The maximum atomic E-state index is 12.3. The normalized spacial score (nSPS) is 24.9. The number of carbonyl (C=O) groups excluding carboxylic acids is 1. The van der Waals surface area contributed by atoms with Gasteiger partial charge in [0.25, 0.3) is 0 Å². The highest BCUT2D eigenvalue weighted by molar-refractivity contribution is 5.85. The molecule has 4 heteroatoms. The molecule has 1 N–H and O–H groups in total. The summed E-state index contributed by atoms with van der Waals surface area (Å²) in [6.45, 7) is 2.97. The van der Waals surface area contributed by atoms with E-state index < -0.39 is 0 Å². The lowest BCUT2D eigenvalue weighted by molar-refractivity contribution is -0.130. The minimum atomic E-state index is 0. The van der Waals surface area contributed by atoms with Crippen LogP contribution in [0.5, 0.6) is 0 Å². The van der Waals surface area contributed by atoms with Gasteiger partial charge < -0.3 is 10.2 Å². The van der Waals surface area contributed by atoms with Crippen LogP contribution in [0, 0.1) is 5.92 Å². The Morgan fingerprint density at radius 2 is 2.05 bits per heavy atom. The van der Waals surface area contributed by atoms with Crippen LogP contribution in [0.4, 0.5) is 0 Å². The van der Waals surface area contributed by atoms with E-state index in [2.05, 4.69) is 40.5 Å². The molecule has 1 aromatic rings. The van der Waals surface area contributed by atoms with Crippen molar-refractivity contribution in [1.82, 2.24) is 10.2 Å². The smallest absolute Gasteiger partial charge is 0.224 e. The number of amides is 1. The van der Waals surface area contributed by atoms with Crippen LogP contribution in [0.1, 0.15) is 31.2 Å². The van der Waals surface area contributed by atoms with Gasteiger partial charge in [-0.15, -0.1) is 12.4 Å². The fraction of sp³-hybridized carbons (Fsp3) is 0.588. The highest BCUT2D eigenvalue weighted by Crippen LogP contribution is 2.22. The van der Waals surface area contributed by atoms with Crippen molar-refractivity contribution in [3.8, 4) is 0 Å². The Balaban J connectivity index is 0.00000161. The maximum absolute atomic E-state index is 12.3. The molecule has 2 fully saturated rings. The van der Waals surface area contributed by atoms with Gasteiger partial charge in [0.15, 0.2) is 0 Å². The van der Waals surface area contributed by atoms with Crippen molar-refractivity contribution in [2.75, 3.05) is 19.6 Å². The first-order valence-electron chi connectivity index (χ1n) is 7.86. The number of carbonyl (C=O) groups is 1. The number of rotatable bonds is 4. The van der Waals surface area contributed by atoms with Crippen LogP contribution in [0.15, 0.2) is 30.3 Å². The van der Waals surface area contributed by atoms with Gasteiger partial charge in [0.2, 0.25) is 5.91 Å². The Labute approximate surface area is 133 Å². The fourth-order valence-electron chi connectivity index (χ4n) is 3.44. The zero-order valence-electron chi connectivity index (χ0n) is 12.5. The first-order chi connectivity index (χ1) is 9.81. The molecule has 0 bridgehead atoms. The van der Waals surface area contributed by atoms with Crippen molar-refractivity contribution in [2.24, 2.45) is 5.92 Å². The summed E-state index contributed by atoms with van der Waals surface area (Å²) in [6, 6.07) is 11.1. The van der Waals surface area contributed by atoms with Crippen LogP contribution < -0.4 is 5.32 Å². The van der Waals surface area contributed by atoms with Crippen LogP contribution in [-0.2, 0) is 11.2 Å². The molecule has 3 nitrogen and oxygen atoms in total. The van der Waals surface area contributed by atoms with Gasteiger partial charge >= 0.3 is 0 Å². The molecule has 2 heterocycles. The Hall–Kier alpha value is -1.06. The van der Waals surface area contributed by atoms with E-state index in [1.807, 2.05) is 0 Å². The summed E-state index contributed by atoms with van der Waals surface area (Å²) >= 11 is 0. The molecule has 0 aromatic heterocycles. The molecule has 21 heavy (non-hydrogen) atoms. The van der Waals surface area contributed by atoms with E-state index in [9.17, 15) is 4.79 Å². The second-order valence-corrected chi connectivity index (χ2v) is 6.18. The Morgan fingerprint density at radius 1 is 1.24 bits per heavy atom. The number of hydrogen-bond acceptors (Lipinski definition) is 2. The van der Waals surface area contributed by atoms with Gasteiger partial charge in [-0.25, -0.2) is 0 Å². The predicted octanol–water partition coefficient (Wildman–Crippen LogP) is 2.64. The summed E-state index contributed by atoms with van der Waals surface area (Å²) in [5.74, 6) is 0.984. The molecule has 2 atom stereocenters. The molecule has 2 saturated heterocycles. The van der Waals surface area contributed by atoms with E-state index in [1.165, 1.54) is 12.0 Å². The lowest BCUT2D eigenvalue weighted by Crippen LogP contribution is -2.34. The third-order valence-electron chi connectivity index (χ3n) is 4.59. The van der Waals surface area contributed by atoms with Gasteiger partial charge in [0.1, 0.15) is 0 Å². The molecular weight excluding hydrogens is 284 g/mol. The number of nitrogens with zero attached hydrogens (tertiary/aromatic N) is 1. The monoisotopic (exact) mass is 308 g/mol. The highest BCUT2D eigenvalue weighted by Gasteiger charge is 2.28. The van der Waals surface area contributed by atoms with Crippen LogP contribution in [0.3, 0.4) is 0 Å². The minimum absolute atomic E-state index is 0. The third kappa shape index (κ3) is 4.45. The molecule has 1 aromatic carbocycles. The van der Waals surface area contributed by atoms with Gasteiger partial charge in [-0.05, 0) is 43.7 Å². The van der Waals surface area contributed by atoms with Gasteiger partial charge in [-0.2, -0.15) is 0 Å². The number of nitrogens with one attached hydrogen (secondary N) is 1. The van der Waals surface area contributed by atoms with E-state index in [-0.39, 0.29) is 12.4 Å². The largest absolute Gasteiger partial charge is 0.342 e. The standard InChI is InChI=1S/C17H24N2O.ClH/c20-17(12-16-7-4-9-18-16)19-10-8-15(13-19)11-14-5-2-1-3-6-14;/h1-3,5-6,15-16,18H,4,7-13H2;1H. The van der Waals surface area contributed by atoms with Crippen molar-refractivity contribution in [2.45, 2.75) is 38.1 Å². The summed E-state index contributed by atoms with van der Waals surface area (Å²) in [4.78, 5) is 14.4.